The van der Waals surface area contributed by atoms with Gasteiger partial charge in [0.15, 0.2) is 0 Å². The molecule has 0 radical (unpaired) electrons. The molecule has 0 bridgehead atoms. The van der Waals surface area contributed by atoms with Crippen molar-refractivity contribution in [1.29, 1.82) is 0 Å². The predicted molar refractivity (Wildman–Crippen MR) is 88.4 cm³/mol. The molecular weight excluding hydrogens is 304 g/mol. The minimum absolute atomic E-state index is 0.00190. The molecule has 1 aliphatic rings. The summed E-state index contributed by atoms with van der Waals surface area (Å²) in [5.41, 5.74) is 2.29. The lowest BCUT2D eigenvalue weighted by atomic mass is 10.1. The number of rotatable bonds is 2. The number of fused-ring (bicyclic) bond motifs is 1. The molecule has 1 fully saturated rings. The molecule has 1 atom stereocenters. The van der Waals surface area contributed by atoms with Gasteiger partial charge in [0.05, 0.1) is 30.6 Å². The van der Waals surface area contributed by atoms with Crippen LogP contribution in [0.4, 0.5) is 0 Å². The van der Waals surface area contributed by atoms with Gasteiger partial charge in [0.1, 0.15) is 6.10 Å². The Hall–Kier alpha value is -2.86. The zero-order valence-corrected chi connectivity index (χ0v) is 13.0. The van der Waals surface area contributed by atoms with Gasteiger partial charge in [-0.3, -0.25) is 19.7 Å². The Kier molecular flexibility index (Phi) is 3.88. The molecule has 1 aliphatic heterocycles. The fourth-order valence-corrected chi connectivity index (χ4v) is 2.88. The molecule has 1 aromatic carbocycles. The normalized spacial score (nSPS) is 17.8. The van der Waals surface area contributed by atoms with Crippen molar-refractivity contribution in [3.63, 3.8) is 0 Å². The number of carbonyl (C=O) groups excluding carboxylic acids is 1. The van der Waals surface area contributed by atoms with Gasteiger partial charge < -0.3 is 9.64 Å². The smallest absolute Gasteiger partial charge is 0.254 e. The highest BCUT2D eigenvalue weighted by atomic mass is 16.5. The Bertz CT molecular complexity index is 869. The third kappa shape index (κ3) is 2.83. The molecule has 3 heterocycles. The summed E-state index contributed by atoms with van der Waals surface area (Å²) >= 11 is 0. The van der Waals surface area contributed by atoms with Crippen LogP contribution in [0, 0.1) is 0 Å². The molecule has 3 aromatic rings. The van der Waals surface area contributed by atoms with Gasteiger partial charge in [-0.1, -0.05) is 6.07 Å². The molecule has 0 aliphatic carbocycles. The highest BCUT2D eigenvalue weighted by Gasteiger charge is 2.27. The van der Waals surface area contributed by atoms with Crippen LogP contribution in [0.1, 0.15) is 22.2 Å². The number of aromatic nitrogens is 3. The lowest BCUT2D eigenvalue weighted by molar-refractivity contribution is -0.0248. The van der Waals surface area contributed by atoms with Gasteiger partial charge >= 0.3 is 0 Å². The van der Waals surface area contributed by atoms with E-state index in [0.29, 0.717) is 25.3 Å². The summed E-state index contributed by atoms with van der Waals surface area (Å²) in [6, 6.07) is 9.42. The van der Waals surface area contributed by atoms with Crippen molar-refractivity contribution in [2.24, 2.45) is 0 Å². The molecular formula is C18H16N4O2. The fraction of sp³-hybridized carbons (Fsp3) is 0.222. The maximum absolute atomic E-state index is 12.8. The third-order valence-electron chi connectivity index (χ3n) is 4.12. The monoisotopic (exact) mass is 320 g/mol. The number of hydrogen-bond acceptors (Lipinski definition) is 5. The molecule has 1 amide bonds. The molecule has 1 saturated heterocycles. The number of nitrogens with zero attached hydrogens (tertiary/aromatic N) is 4. The molecule has 6 heteroatoms. The second-order valence-corrected chi connectivity index (χ2v) is 5.65. The van der Waals surface area contributed by atoms with E-state index in [0.717, 1.165) is 16.6 Å². The van der Waals surface area contributed by atoms with Crippen molar-refractivity contribution in [3.8, 4) is 0 Å². The number of ether oxygens (including phenoxy) is 1. The van der Waals surface area contributed by atoms with Crippen molar-refractivity contribution in [2.75, 3.05) is 19.7 Å². The van der Waals surface area contributed by atoms with Gasteiger partial charge in [-0.15, -0.1) is 0 Å². The van der Waals surface area contributed by atoms with Gasteiger partial charge in [0, 0.05) is 36.1 Å². The van der Waals surface area contributed by atoms with E-state index in [1.807, 2.05) is 30.3 Å². The summed E-state index contributed by atoms with van der Waals surface area (Å²) in [4.78, 5) is 27.3. The topological polar surface area (TPSA) is 68.2 Å². The summed E-state index contributed by atoms with van der Waals surface area (Å²) in [5, 5.41) is 0.960. The van der Waals surface area contributed by atoms with Crippen molar-refractivity contribution in [2.45, 2.75) is 6.10 Å². The van der Waals surface area contributed by atoms with Crippen LogP contribution in [-0.4, -0.2) is 45.5 Å². The zero-order valence-electron chi connectivity index (χ0n) is 13.0. The molecule has 0 N–H and O–H groups in total. The van der Waals surface area contributed by atoms with Crippen LogP contribution in [-0.2, 0) is 4.74 Å². The average molecular weight is 320 g/mol. The average Bonchev–Trinajstić information content (AvgIpc) is 2.68. The molecule has 24 heavy (non-hydrogen) atoms. The van der Waals surface area contributed by atoms with Crippen molar-refractivity contribution >= 4 is 16.8 Å². The summed E-state index contributed by atoms with van der Waals surface area (Å²) in [6.45, 7) is 1.53. The van der Waals surface area contributed by atoms with Crippen LogP contribution in [0.5, 0.6) is 0 Å². The van der Waals surface area contributed by atoms with Crippen molar-refractivity contribution in [3.05, 3.63) is 66.4 Å². The van der Waals surface area contributed by atoms with Crippen molar-refractivity contribution in [1.82, 2.24) is 19.9 Å². The molecule has 6 nitrogen and oxygen atoms in total. The largest absolute Gasteiger partial charge is 0.368 e. The van der Waals surface area contributed by atoms with Crippen molar-refractivity contribution < 1.29 is 9.53 Å². The van der Waals surface area contributed by atoms with Crippen LogP contribution in [0.15, 0.2) is 55.1 Å². The maximum atomic E-state index is 12.8. The van der Waals surface area contributed by atoms with E-state index in [1.54, 1.807) is 29.7 Å². The van der Waals surface area contributed by atoms with E-state index in [4.69, 9.17) is 4.74 Å². The van der Waals surface area contributed by atoms with Crippen LogP contribution in [0.3, 0.4) is 0 Å². The maximum Gasteiger partial charge on any atom is 0.254 e. The first-order chi connectivity index (χ1) is 11.8. The van der Waals surface area contributed by atoms with E-state index in [-0.39, 0.29) is 12.0 Å². The van der Waals surface area contributed by atoms with E-state index in [2.05, 4.69) is 15.0 Å². The molecule has 2 aromatic heterocycles. The lowest BCUT2D eigenvalue weighted by Gasteiger charge is -2.32. The molecule has 0 spiro atoms. The number of amides is 1. The van der Waals surface area contributed by atoms with E-state index < -0.39 is 0 Å². The Balaban J connectivity index is 1.56. The van der Waals surface area contributed by atoms with E-state index in [9.17, 15) is 4.79 Å². The van der Waals surface area contributed by atoms with E-state index >= 15 is 0 Å². The minimum atomic E-state index is -0.237. The Morgan fingerprint density at radius 1 is 1.17 bits per heavy atom. The zero-order chi connectivity index (χ0) is 16.4. The first kappa shape index (κ1) is 14.7. The Morgan fingerprint density at radius 3 is 3.00 bits per heavy atom. The molecule has 4 rings (SSSR count). The molecule has 0 saturated carbocycles. The summed E-state index contributed by atoms with van der Waals surface area (Å²) < 4.78 is 5.74. The summed E-state index contributed by atoms with van der Waals surface area (Å²) in [7, 11) is 0. The van der Waals surface area contributed by atoms with Crippen LogP contribution < -0.4 is 0 Å². The highest BCUT2D eigenvalue weighted by molar-refractivity contribution is 5.98. The molecule has 120 valence electrons. The number of carbonyl (C=O) groups is 1. The van der Waals surface area contributed by atoms with Crippen LogP contribution in [0.2, 0.25) is 0 Å². The number of morpholine rings is 1. The third-order valence-corrected chi connectivity index (χ3v) is 4.12. The number of pyridine rings is 1. The Morgan fingerprint density at radius 2 is 2.12 bits per heavy atom. The Labute approximate surface area is 139 Å². The van der Waals surface area contributed by atoms with Gasteiger partial charge in [-0.05, 0) is 24.3 Å². The van der Waals surface area contributed by atoms with Gasteiger partial charge in [-0.2, -0.15) is 0 Å². The minimum Gasteiger partial charge on any atom is -0.368 e. The number of benzene rings is 1. The summed E-state index contributed by atoms with van der Waals surface area (Å²) in [6.07, 6.45) is 6.45. The van der Waals surface area contributed by atoms with Crippen LogP contribution in [0.25, 0.3) is 10.9 Å². The lowest BCUT2D eigenvalue weighted by Crippen LogP contribution is -2.42. The SMILES string of the molecule is O=C(c1ccc2ncccc2c1)N1CCO[C@@H](c2cnccn2)C1. The first-order valence-electron chi connectivity index (χ1n) is 7.83. The number of hydrogen-bond donors (Lipinski definition) is 0. The molecule has 0 unspecified atom stereocenters. The van der Waals surface area contributed by atoms with E-state index in [1.165, 1.54) is 0 Å². The van der Waals surface area contributed by atoms with Gasteiger partial charge in [0.2, 0.25) is 0 Å². The fourth-order valence-electron chi connectivity index (χ4n) is 2.88. The van der Waals surface area contributed by atoms with Gasteiger partial charge in [-0.25, -0.2) is 0 Å². The van der Waals surface area contributed by atoms with Gasteiger partial charge in [0.25, 0.3) is 5.91 Å². The second kappa shape index (κ2) is 6.33. The first-order valence-corrected chi connectivity index (χ1v) is 7.83. The quantitative estimate of drug-likeness (QED) is 0.724. The second-order valence-electron chi connectivity index (χ2n) is 5.65. The van der Waals surface area contributed by atoms with Crippen LogP contribution >= 0.6 is 0 Å². The summed E-state index contributed by atoms with van der Waals surface area (Å²) in [5.74, 6) is -0.00190. The highest BCUT2D eigenvalue weighted by Crippen LogP contribution is 2.22. The standard InChI is InChI=1S/C18H16N4O2/c23-18(14-3-4-15-13(10-14)2-1-5-20-15)22-8-9-24-17(12-22)16-11-19-6-7-21-16/h1-7,10-11,17H,8-9,12H2/t17-/m1/s1. The predicted octanol–water partition coefficient (Wildman–Crippen LogP) is 2.24.